The lowest BCUT2D eigenvalue weighted by Gasteiger charge is -2.28. The van der Waals surface area contributed by atoms with Crippen LogP contribution in [0.4, 0.5) is 4.39 Å². The maximum absolute atomic E-state index is 13.4. The fourth-order valence-corrected chi connectivity index (χ4v) is 2.33. The summed E-state index contributed by atoms with van der Waals surface area (Å²) in [5, 5.41) is 3.27. The topological polar surface area (TPSA) is 21.3 Å². The van der Waals surface area contributed by atoms with Crippen molar-refractivity contribution in [3.63, 3.8) is 0 Å². The van der Waals surface area contributed by atoms with Gasteiger partial charge in [0, 0.05) is 19.0 Å². The first-order valence-corrected chi connectivity index (χ1v) is 4.99. The minimum Gasteiger partial charge on any atom is -0.485 e. The van der Waals surface area contributed by atoms with Gasteiger partial charge >= 0.3 is 0 Å². The molecule has 1 aromatic rings. The lowest BCUT2D eigenvalue weighted by molar-refractivity contribution is 0.145. The van der Waals surface area contributed by atoms with Crippen molar-refractivity contribution in [1.82, 2.24) is 5.32 Å². The van der Waals surface area contributed by atoms with Gasteiger partial charge in [-0.05, 0) is 18.1 Å². The summed E-state index contributed by atoms with van der Waals surface area (Å²) < 4.78 is 19.0. The quantitative estimate of drug-likeness (QED) is 0.732. The van der Waals surface area contributed by atoms with Gasteiger partial charge in [-0.25, -0.2) is 4.39 Å². The van der Waals surface area contributed by atoms with Crippen LogP contribution in [0.5, 0.6) is 5.75 Å². The molecular formula is C11H13ClFNO. The van der Waals surface area contributed by atoms with E-state index < -0.39 is 0 Å². The number of ether oxygens (including phenoxy) is 1. The van der Waals surface area contributed by atoms with Crippen molar-refractivity contribution in [1.29, 1.82) is 0 Å². The van der Waals surface area contributed by atoms with E-state index in [1.807, 2.05) is 6.07 Å². The van der Waals surface area contributed by atoms with Gasteiger partial charge in [0.15, 0.2) is 11.6 Å². The van der Waals surface area contributed by atoms with Gasteiger partial charge in [0.05, 0.1) is 0 Å². The van der Waals surface area contributed by atoms with E-state index >= 15 is 0 Å². The van der Waals surface area contributed by atoms with Crippen LogP contribution in [0.2, 0.25) is 0 Å². The van der Waals surface area contributed by atoms with Gasteiger partial charge in [0.25, 0.3) is 0 Å². The lowest BCUT2D eigenvalue weighted by atomic mass is 9.93. The minimum absolute atomic E-state index is 0. The predicted octanol–water partition coefficient (Wildman–Crippen LogP) is 1.77. The zero-order chi connectivity index (χ0) is 9.54. The number of fused-ring (bicyclic) bond motifs is 2. The summed E-state index contributed by atoms with van der Waals surface area (Å²) in [5.74, 6) is 0.759. The first kappa shape index (κ1) is 10.7. The monoisotopic (exact) mass is 229 g/mol. The number of hydrogen-bond acceptors (Lipinski definition) is 2. The molecule has 2 nitrogen and oxygen atoms in total. The molecule has 2 unspecified atom stereocenters. The van der Waals surface area contributed by atoms with Crippen molar-refractivity contribution >= 4 is 12.4 Å². The molecule has 15 heavy (non-hydrogen) atoms. The second-order valence-electron chi connectivity index (χ2n) is 4.01. The smallest absolute Gasteiger partial charge is 0.165 e. The first-order chi connectivity index (χ1) is 6.84. The van der Waals surface area contributed by atoms with Gasteiger partial charge in [-0.2, -0.15) is 0 Å². The molecular weight excluding hydrogens is 217 g/mol. The van der Waals surface area contributed by atoms with Gasteiger partial charge in [0.2, 0.25) is 0 Å². The van der Waals surface area contributed by atoms with E-state index in [-0.39, 0.29) is 24.3 Å². The van der Waals surface area contributed by atoms with Crippen LogP contribution in [0.3, 0.4) is 0 Å². The number of benzene rings is 1. The van der Waals surface area contributed by atoms with Crippen molar-refractivity contribution < 1.29 is 9.13 Å². The molecule has 0 amide bonds. The molecule has 2 aliphatic rings. The van der Waals surface area contributed by atoms with Crippen LogP contribution >= 0.6 is 12.4 Å². The second-order valence-corrected chi connectivity index (χ2v) is 4.01. The third-order valence-electron chi connectivity index (χ3n) is 3.08. The third-order valence-corrected chi connectivity index (χ3v) is 3.08. The average molecular weight is 230 g/mol. The molecule has 0 aromatic heterocycles. The van der Waals surface area contributed by atoms with Gasteiger partial charge < -0.3 is 10.1 Å². The molecule has 82 valence electrons. The number of rotatable bonds is 0. The Hall–Kier alpha value is -0.800. The van der Waals surface area contributed by atoms with Gasteiger partial charge in [-0.3, -0.25) is 0 Å². The molecule has 0 spiro atoms. The molecule has 0 bridgehead atoms. The number of hydrogen-bond donors (Lipinski definition) is 1. The van der Waals surface area contributed by atoms with Crippen molar-refractivity contribution in [3.05, 3.63) is 29.6 Å². The lowest BCUT2D eigenvalue weighted by Crippen LogP contribution is -2.32. The molecule has 1 saturated heterocycles. The van der Waals surface area contributed by atoms with E-state index in [1.165, 1.54) is 6.07 Å². The molecule has 1 fully saturated rings. The summed E-state index contributed by atoms with van der Waals surface area (Å²) in [6.07, 6.45) is 1.10. The zero-order valence-electron chi connectivity index (χ0n) is 8.20. The SMILES string of the molecule is Cl.Fc1cccc2c1OC1CNCC1C2. The fourth-order valence-electron chi connectivity index (χ4n) is 2.33. The largest absolute Gasteiger partial charge is 0.485 e. The minimum atomic E-state index is -0.229. The highest BCUT2D eigenvalue weighted by molar-refractivity contribution is 5.85. The van der Waals surface area contributed by atoms with Gasteiger partial charge in [0.1, 0.15) is 6.10 Å². The van der Waals surface area contributed by atoms with Crippen LogP contribution in [0.25, 0.3) is 0 Å². The Balaban J connectivity index is 0.000000853. The molecule has 2 atom stereocenters. The summed E-state index contributed by atoms with van der Waals surface area (Å²) in [6, 6.07) is 5.16. The highest BCUT2D eigenvalue weighted by atomic mass is 35.5. The molecule has 0 aliphatic carbocycles. The molecule has 4 heteroatoms. The van der Waals surface area contributed by atoms with Crippen molar-refractivity contribution in [2.75, 3.05) is 13.1 Å². The van der Waals surface area contributed by atoms with E-state index in [0.717, 1.165) is 25.1 Å². The van der Waals surface area contributed by atoms with Crippen molar-refractivity contribution in [3.8, 4) is 5.75 Å². The Morgan fingerprint density at radius 2 is 2.20 bits per heavy atom. The Bertz CT molecular complexity index is 372. The predicted molar refractivity (Wildman–Crippen MR) is 58.1 cm³/mol. The molecule has 2 heterocycles. The van der Waals surface area contributed by atoms with Crippen LogP contribution < -0.4 is 10.1 Å². The Labute approximate surface area is 94.2 Å². The molecule has 1 N–H and O–H groups in total. The standard InChI is InChI=1S/C11H12FNO.ClH/c12-9-3-1-2-7-4-8-5-13-6-10(8)14-11(7)9;/h1-3,8,10,13H,4-6H2;1H. The third kappa shape index (κ3) is 1.70. The Kier molecular flexibility index (Phi) is 2.85. The summed E-state index contributed by atoms with van der Waals surface area (Å²) >= 11 is 0. The van der Waals surface area contributed by atoms with Gasteiger partial charge in [-0.1, -0.05) is 12.1 Å². The molecule has 2 aliphatic heterocycles. The molecule has 3 rings (SSSR count). The van der Waals surface area contributed by atoms with Crippen LogP contribution in [0, 0.1) is 11.7 Å². The van der Waals surface area contributed by atoms with E-state index in [4.69, 9.17) is 4.74 Å². The van der Waals surface area contributed by atoms with E-state index in [0.29, 0.717) is 11.7 Å². The van der Waals surface area contributed by atoms with Crippen LogP contribution in [-0.4, -0.2) is 19.2 Å². The summed E-state index contributed by atoms with van der Waals surface area (Å²) in [5.41, 5.74) is 1.01. The van der Waals surface area contributed by atoms with Crippen LogP contribution in [-0.2, 0) is 6.42 Å². The Morgan fingerprint density at radius 1 is 1.33 bits per heavy atom. The highest BCUT2D eigenvalue weighted by Crippen LogP contribution is 2.34. The number of halogens is 2. The highest BCUT2D eigenvalue weighted by Gasteiger charge is 2.34. The molecule has 0 saturated carbocycles. The van der Waals surface area contributed by atoms with Gasteiger partial charge in [-0.15, -0.1) is 12.4 Å². The number of para-hydroxylation sites is 1. The summed E-state index contributed by atoms with van der Waals surface area (Å²) in [6.45, 7) is 1.83. The van der Waals surface area contributed by atoms with Crippen LogP contribution in [0.1, 0.15) is 5.56 Å². The summed E-state index contributed by atoms with van der Waals surface area (Å²) in [4.78, 5) is 0. The first-order valence-electron chi connectivity index (χ1n) is 4.99. The van der Waals surface area contributed by atoms with E-state index in [9.17, 15) is 4.39 Å². The Morgan fingerprint density at radius 3 is 3.07 bits per heavy atom. The van der Waals surface area contributed by atoms with Crippen LogP contribution in [0.15, 0.2) is 18.2 Å². The van der Waals surface area contributed by atoms with E-state index in [1.54, 1.807) is 6.07 Å². The maximum atomic E-state index is 13.4. The number of nitrogens with one attached hydrogen (secondary N) is 1. The van der Waals surface area contributed by atoms with E-state index in [2.05, 4.69) is 5.32 Å². The second kappa shape index (κ2) is 3.99. The van der Waals surface area contributed by atoms with Crippen molar-refractivity contribution in [2.45, 2.75) is 12.5 Å². The summed E-state index contributed by atoms with van der Waals surface area (Å²) in [7, 11) is 0. The normalized spacial score (nSPS) is 27.3. The van der Waals surface area contributed by atoms with Crippen molar-refractivity contribution in [2.24, 2.45) is 5.92 Å². The average Bonchev–Trinajstić information content (AvgIpc) is 2.62. The zero-order valence-corrected chi connectivity index (χ0v) is 9.02. The molecule has 1 aromatic carbocycles. The maximum Gasteiger partial charge on any atom is 0.165 e. The molecule has 0 radical (unpaired) electrons. The fraction of sp³-hybridized carbons (Fsp3) is 0.455.